The van der Waals surface area contributed by atoms with Gasteiger partial charge in [0.05, 0.1) is 23.7 Å². The lowest BCUT2D eigenvalue weighted by Crippen LogP contribution is -2.54. The molecule has 7 N–H and O–H groups in total. The topological polar surface area (TPSA) is 189 Å². The summed E-state index contributed by atoms with van der Waals surface area (Å²) in [5, 5.41) is 18.1. The zero-order valence-corrected chi connectivity index (χ0v) is 26.1. The van der Waals surface area contributed by atoms with E-state index >= 15 is 0 Å². The van der Waals surface area contributed by atoms with E-state index in [1.807, 2.05) is 6.92 Å². The van der Waals surface area contributed by atoms with E-state index in [4.69, 9.17) is 0 Å². The summed E-state index contributed by atoms with van der Waals surface area (Å²) < 4.78 is 52.1. The first-order valence-corrected chi connectivity index (χ1v) is 17.0. The number of nitrogens with one attached hydrogen (secondary N) is 4. The van der Waals surface area contributed by atoms with E-state index in [0.29, 0.717) is 29.8 Å². The number of aromatic nitrogens is 2. The van der Waals surface area contributed by atoms with E-state index in [2.05, 4.69) is 50.5 Å². The van der Waals surface area contributed by atoms with E-state index in [9.17, 15) is 27.4 Å². The van der Waals surface area contributed by atoms with Gasteiger partial charge in [0.15, 0.2) is 11.6 Å². The van der Waals surface area contributed by atoms with Gasteiger partial charge in [-0.2, -0.15) is 0 Å². The first kappa shape index (κ1) is 30.8. The molecule has 2 heterocycles. The predicted octanol–water partition coefficient (Wildman–Crippen LogP) is 5.55. The molecule has 12 nitrogen and oxygen atoms in total. The summed E-state index contributed by atoms with van der Waals surface area (Å²) in [6.07, 6.45) is 5.29. The molecule has 2 atom stereocenters. The van der Waals surface area contributed by atoms with Gasteiger partial charge in [0, 0.05) is 18.0 Å². The molecule has 0 saturated carbocycles. The summed E-state index contributed by atoms with van der Waals surface area (Å²) in [5.41, 5.74) is -0.372. The Bertz CT molecular complexity index is 1740. The van der Waals surface area contributed by atoms with Crippen LogP contribution in [-0.4, -0.2) is 50.5 Å². The number of hydrogen-bond acceptors (Lipinski definition) is 10. The molecule has 1 aliphatic carbocycles. The normalized spacial score (nSPS) is 21.3. The fourth-order valence-electron chi connectivity index (χ4n) is 5.40. The fraction of sp³-hybridized carbons (Fsp3) is 0.345. The Hall–Kier alpha value is -3.69. The van der Waals surface area contributed by atoms with Crippen LogP contribution in [0, 0.1) is 5.41 Å². The number of aliphatic hydroxyl groups is 1. The van der Waals surface area contributed by atoms with E-state index in [1.165, 1.54) is 18.2 Å². The molecule has 230 valence electrons. The molecule has 0 spiro atoms. The van der Waals surface area contributed by atoms with Crippen LogP contribution in [0.4, 0.5) is 11.4 Å². The Morgan fingerprint density at radius 2 is 1.86 bits per heavy atom. The summed E-state index contributed by atoms with van der Waals surface area (Å²) in [5.74, 6) is -0.428. The minimum Gasteiger partial charge on any atom is -0.506 e. The number of carbonyl (C=O) groups is 1. The van der Waals surface area contributed by atoms with Crippen LogP contribution in [0.25, 0.3) is 5.76 Å². The molecule has 1 aliphatic heterocycles. The number of hydrogen-bond donors (Lipinski definition) is 7. The maximum atomic E-state index is 14.8. The Labute approximate surface area is 252 Å². The molecule has 1 aromatic heterocycles. The number of aromatic amines is 1. The summed E-state index contributed by atoms with van der Waals surface area (Å²) in [7, 11) is -7.54. The van der Waals surface area contributed by atoms with Gasteiger partial charge in [0.2, 0.25) is 10.0 Å². The lowest BCUT2D eigenvalue weighted by atomic mass is 9.69. The van der Waals surface area contributed by atoms with Crippen LogP contribution < -0.4 is 15.4 Å². The molecule has 2 aliphatic rings. The van der Waals surface area contributed by atoms with Crippen molar-refractivity contribution in [1.29, 1.82) is 0 Å². The van der Waals surface area contributed by atoms with Gasteiger partial charge in [0.25, 0.3) is 0 Å². The Balaban J connectivity index is 1.65. The van der Waals surface area contributed by atoms with Gasteiger partial charge in [-0.25, -0.2) is 13.4 Å². The predicted molar refractivity (Wildman–Crippen MR) is 169 cm³/mol. The number of nitrogens with zero attached hydrogens (tertiary/aromatic N) is 2. The minimum absolute atomic E-state index is 0.0581. The third-order valence-corrected chi connectivity index (χ3v) is 9.40. The lowest BCUT2D eigenvalue weighted by Gasteiger charge is -2.43. The molecule has 0 fully saturated rings. The van der Waals surface area contributed by atoms with Crippen LogP contribution in [0.15, 0.2) is 69.7 Å². The number of imidazole rings is 1. The van der Waals surface area contributed by atoms with Crippen molar-refractivity contribution in [3.05, 3.63) is 77.4 Å². The van der Waals surface area contributed by atoms with Gasteiger partial charge in [-0.15, -0.1) is 4.40 Å². The van der Waals surface area contributed by atoms with Crippen molar-refractivity contribution < 1.29 is 27.4 Å². The van der Waals surface area contributed by atoms with Gasteiger partial charge < -0.3 is 15.4 Å². The highest BCUT2D eigenvalue weighted by Gasteiger charge is 2.50. The van der Waals surface area contributed by atoms with Crippen molar-refractivity contribution in [3.63, 3.8) is 0 Å². The number of fused-ring (bicyclic) bond motifs is 2. The molecule has 0 amide bonds. The van der Waals surface area contributed by atoms with E-state index in [1.54, 1.807) is 36.7 Å². The first-order chi connectivity index (χ1) is 20.0. The highest BCUT2D eigenvalue weighted by atomic mass is 32.3. The van der Waals surface area contributed by atoms with Crippen LogP contribution in [0.5, 0.6) is 0 Å². The zero-order valence-electron chi connectivity index (χ0n) is 24.5. The van der Waals surface area contributed by atoms with Crippen LogP contribution in [-0.2, 0) is 20.4 Å². The number of Topliss-reactive ketones (excluding diaryl/α,β-unsaturated/α-hetero) is 1. The Morgan fingerprint density at radius 3 is 2.51 bits per heavy atom. The minimum atomic E-state index is -3.92. The lowest BCUT2D eigenvalue weighted by molar-refractivity contribution is -0.122. The number of ketones is 1. The quantitative estimate of drug-likeness (QED) is 0.168. The number of H-pyrrole nitrogens is 1. The average Bonchev–Trinajstić information content (AvgIpc) is 3.45. The SMILES string of the molecule is CC(NC1(CCC(C)(C)C)C(=O)C(C2=NS(O)(O)c3cc(NS(C)(=O)=O)ccc3N2)=C(O)c2ccccc21)c1ncc[nH]1. The highest BCUT2D eigenvalue weighted by molar-refractivity contribution is 8.23. The summed E-state index contributed by atoms with van der Waals surface area (Å²) in [4.78, 5) is 22.2. The molecular weight excluding hydrogens is 592 g/mol. The van der Waals surface area contributed by atoms with Gasteiger partial charge in [-0.1, -0.05) is 55.8 Å². The second kappa shape index (κ2) is 10.8. The highest BCUT2D eigenvalue weighted by Crippen LogP contribution is 2.57. The van der Waals surface area contributed by atoms with Gasteiger partial charge in [0.1, 0.15) is 27.6 Å². The molecule has 5 rings (SSSR count). The Kier molecular flexibility index (Phi) is 7.72. The first-order valence-electron chi connectivity index (χ1n) is 13.6. The molecule has 0 radical (unpaired) electrons. The molecule has 3 aromatic rings. The molecule has 2 aromatic carbocycles. The molecule has 43 heavy (non-hydrogen) atoms. The van der Waals surface area contributed by atoms with Crippen molar-refractivity contribution in [2.45, 2.75) is 57.0 Å². The number of anilines is 2. The third kappa shape index (κ3) is 6.06. The smallest absolute Gasteiger partial charge is 0.229 e. The van der Waals surface area contributed by atoms with Gasteiger partial charge in [-0.3, -0.25) is 23.9 Å². The summed E-state index contributed by atoms with van der Waals surface area (Å²) in [6, 6.07) is 10.8. The molecular formula is C29H36N6O6S2. The van der Waals surface area contributed by atoms with Gasteiger partial charge in [-0.05, 0) is 48.9 Å². The third-order valence-electron chi connectivity index (χ3n) is 7.42. The fourth-order valence-corrected chi connectivity index (χ4v) is 7.15. The van der Waals surface area contributed by atoms with Crippen molar-refractivity contribution in [2.24, 2.45) is 9.81 Å². The molecule has 0 bridgehead atoms. The molecule has 0 saturated heterocycles. The standard InChI is InChI=1S/C29H36N6O6S2/c1-17(26-30-14-15-31-26)33-29(13-12-28(2,3)4)20-9-7-6-8-19(20)24(36)23(25(29)37)27-32-21-11-10-18(34-42(5,38)39)16-22(21)43(40,41)35-27/h6-11,14-17,33-34,36,40-41H,12-13H2,1-5H3,(H,30,31)(H,32,35). The largest absolute Gasteiger partial charge is 0.506 e. The van der Waals surface area contributed by atoms with Crippen LogP contribution >= 0.6 is 10.8 Å². The Morgan fingerprint density at radius 1 is 1.14 bits per heavy atom. The van der Waals surface area contributed by atoms with Crippen molar-refractivity contribution in [1.82, 2.24) is 15.3 Å². The zero-order chi connectivity index (χ0) is 31.4. The molecule has 2 unspecified atom stereocenters. The average molecular weight is 629 g/mol. The number of benzene rings is 2. The van der Waals surface area contributed by atoms with E-state index < -0.39 is 38.2 Å². The maximum Gasteiger partial charge on any atom is 0.229 e. The maximum absolute atomic E-state index is 14.8. The number of rotatable bonds is 8. The monoisotopic (exact) mass is 628 g/mol. The number of aliphatic hydroxyl groups excluding tert-OH is 1. The number of sulfonamides is 1. The van der Waals surface area contributed by atoms with Crippen LogP contribution in [0.3, 0.4) is 0 Å². The van der Waals surface area contributed by atoms with Crippen molar-refractivity contribution in [3.8, 4) is 0 Å². The second-order valence-corrected chi connectivity index (χ2v) is 15.5. The number of carbonyl (C=O) groups excluding carboxylic acids is 1. The van der Waals surface area contributed by atoms with E-state index in [-0.39, 0.29) is 38.9 Å². The second-order valence-electron chi connectivity index (χ2n) is 12.1. The van der Waals surface area contributed by atoms with Crippen molar-refractivity contribution in [2.75, 3.05) is 16.3 Å². The number of amidine groups is 1. The van der Waals surface area contributed by atoms with Crippen LogP contribution in [0.1, 0.15) is 63.5 Å². The van der Waals surface area contributed by atoms with Crippen molar-refractivity contribution >= 4 is 49.6 Å². The molecule has 14 heteroatoms. The van der Waals surface area contributed by atoms with Crippen LogP contribution in [0.2, 0.25) is 0 Å². The van der Waals surface area contributed by atoms with E-state index in [0.717, 1.165) is 6.26 Å². The summed E-state index contributed by atoms with van der Waals surface area (Å²) >= 11 is 0. The summed E-state index contributed by atoms with van der Waals surface area (Å²) in [6.45, 7) is 8.12. The van der Waals surface area contributed by atoms with Gasteiger partial charge >= 0.3 is 0 Å².